The van der Waals surface area contributed by atoms with Crippen molar-refractivity contribution < 1.29 is 23.8 Å². The van der Waals surface area contributed by atoms with E-state index in [1.807, 2.05) is 18.2 Å². The van der Waals surface area contributed by atoms with Gasteiger partial charge in [-0.25, -0.2) is 0 Å². The molecule has 7 nitrogen and oxygen atoms in total. The molecule has 0 fully saturated rings. The van der Waals surface area contributed by atoms with E-state index < -0.39 is 18.0 Å². The van der Waals surface area contributed by atoms with Crippen LogP contribution < -0.4 is 14.8 Å². The van der Waals surface area contributed by atoms with Crippen molar-refractivity contribution in [3.8, 4) is 17.6 Å². The molecular formula is C20H18N2O5S. The quantitative estimate of drug-likeness (QED) is 0.590. The maximum atomic E-state index is 12.1. The van der Waals surface area contributed by atoms with Crippen LogP contribution >= 0.6 is 11.8 Å². The zero-order valence-corrected chi connectivity index (χ0v) is 16.0. The minimum Gasteiger partial charge on any atom is -0.486 e. The molecule has 3 rings (SSSR count). The van der Waals surface area contributed by atoms with Crippen LogP contribution in [0.2, 0.25) is 0 Å². The molecule has 1 aliphatic rings. The first-order valence-electron chi connectivity index (χ1n) is 8.58. The van der Waals surface area contributed by atoms with E-state index in [9.17, 15) is 9.59 Å². The molecule has 0 unspecified atom stereocenters. The first kappa shape index (κ1) is 19.6. The number of amides is 1. The van der Waals surface area contributed by atoms with E-state index in [0.29, 0.717) is 36.0 Å². The maximum Gasteiger partial charge on any atom is 0.317 e. The van der Waals surface area contributed by atoms with Crippen molar-refractivity contribution in [2.45, 2.75) is 17.9 Å². The van der Waals surface area contributed by atoms with Crippen LogP contribution in [0.25, 0.3) is 0 Å². The van der Waals surface area contributed by atoms with Crippen molar-refractivity contribution in [1.82, 2.24) is 0 Å². The second-order valence-corrected chi connectivity index (χ2v) is 6.95. The molecule has 0 aromatic heterocycles. The molecular weight excluding hydrogens is 380 g/mol. The van der Waals surface area contributed by atoms with Crippen molar-refractivity contribution >= 4 is 29.3 Å². The van der Waals surface area contributed by atoms with E-state index in [1.54, 1.807) is 30.3 Å². The third kappa shape index (κ3) is 5.18. The third-order valence-electron chi connectivity index (χ3n) is 3.83. The number of fused-ring (bicyclic) bond motifs is 1. The van der Waals surface area contributed by atoms with Crippen LogP contribution in [0.3, 0.4) is 0 Å². The molecule has 8 heteroatoms. The molecule has 28 heavy (non-hydrogen) atoms. The highest BCUT2D eigenvalue weighted by atomic mass is 32.2. The molecule has 0 bridgehead atoms. The normalized spacial score (nSPS) is 13.1. The Morgan fingerprint density at radius 1 is 1.18 bits per heavy atom. The van der Waals surface area contributed by atoms with E-state index >= 15 is 0 Å². The molecule has 2 aromatic carbocycles. The molecule has 1 heterocycles. The van der Waals surface area contributed by atoms with Crippen molar-refractivity contribution in [3.05, 3.63) is 48.0 Å². The molecule has 0 saturated heterocycles. The first-order valence-corrected chi connectivity index (χ1v) is 9.56. The average Bonchev–Trinajstić information content (AvgIpc) is 2.72. The van der Waals surface area contributed by atoms with Gasteiger partial charge in [-0.2, -0.15) is 5.26 Å². The van der Waals surface area contributed by atoms with Crippen LogP contribution in [-0.4, -0.2) is 36.9 Å². The summed E-state index contributed by atoms with van der Waals surface area (Å²) in [6.45, 7) is 2.52. The lowest BCUT2D eigenvalue weighted by Gasteiger charge is -2.18. The van der Waals surface area contributed by atoms with Gasteiger partial charge >= 0.3 is 5.97 Å². The number of thioether (sulfide) groups is 1. The third-order valence-corrected chi connectivity index (χ3v) is 4.80. The standard InChI is InChI=1S/C20H18N2O5S/c1-13(20(24)22-15-4-2-14(11-21)3-5-15)27-19(23)12-28-16-6-7-17-18(10-16)26-9-8-25-17/h2-7,10,13H,8-9,12H2,1H3,(H,22,24)/t13-/m0/s1. The van der Waals surface area contributed by atoms with Crippen LogP contribution in [0.15, 0.2) is 47.4 Å². The Balaban J connectivity index is 1.47. The number of nitrogens with zero attached hydrogens (tertiary/aromatic N) is 1. The summed E-state index contributed by atoms with van der Waals surface area (Å²) in [5.74, 6) is 0.463. The van der Waals surface area contributed by atoms with Gasteiger partial charge in [0, 0.05) is 10.6 Å². The highest BCUT2D eigenvalue weighted by Gasteiger charge is 2.19. The van der Waals surface area contributed by atoms with Crippen molar-refractivity contribution in [1.29, 1.82) is 5.26 Å². The second kappa shape index (κ2) is 9.15. The molecule has 0 saturated carbocycles. The largest absolute Gasteiger partial charge is 0.486 e. The van der Waals surface area contributed by atoms with Gasteiger partial charge in [0.05, 0.1) is 17.4 Å². The zero-order valence-electron chi connectivity index (χ0n) is 15.1. The predicted octanol–water partition coefficient (Wildman–Crippen LogP) is 2.99. The lowest BCUT2D eigenvalue weighted by molar-refractivity contribution is -0.150. The number of ether oxygens (including phenoxy) is 3. The Hall–Kier alpha value is -3.18. The fraction of sp³-hybridized carbons (Fsp3) is 0.250. The molecule has 1 atom stereocenters. The highest BCUT2D eigenvalue weighted by Crippen LogP contribution is 2.34. The first-order chi connectivity index (χ1) is 13.5. The van der Waals surface area contributed by atoms with Gasteiger partial charge in [-0.15, -0.1) is 11.8 Å². The highest BCUT2D eigenvalue weighted by molar-refractivity contribution is 8.00. The number of nitrogens with one attached hydrogen (secondary N) is 1. The number of hydrogen-bond acceptors (Lipinski definition) is 7. The minimum atomic E-state index is -0.941. The number of nitriles is 1. The number of anilines is 1. The number of carbonyl (C=O) groups excluding carboxylic acids is 2. The SMILES string of the molecule is C[C@H](OC(=O)CSc1ccc2c(c1)OCCO2)C(=O)Nc1ccc(C#N)cc1. The van der Waals surface area contributed by atoms with E-state index in [0.717, 1.165) is 4.90 Å². The molecule has 144 valence electrons. The molecule has 1 amide bonds. The molecule has 0 spiro atoms. The Morgan fingerprint density at radius 3 is 2.61 bits per heavy atom. The summed E-state index contributed by atoms with van der Waals surface area (Å²) in [6, 6.07) is 13.9. The van der Waals surface area contributed by atoms with Gasteiger partial charge in [-0.1, -0.05) is 0 Å². The number of esters is 1. The monoisotopic (exact) mass is 398 g/mol. The lowest BCUT2D eigenvalue weighted by Crippen LogP contribution is -2.30. The fourth-order valence-electron chi connectivity index (χ4n) is 2.41. The Labute approximate surface area is 166 Å². The lowest BCUT2D eigenvalue weighted by atomic mass is 10.2. The van der Waals surface area contributed by atoms with E-state index in [2.05, 4.69) is 5.32 Å². The zero-order chi connectivity index (χ0) is 19.9. The molecule has 0 radical (unpaired) electrons. The summed E-state index contributed by atoms with van der Waals surface area (Å²) < 4.78 is 16.2. The van der Waals surface area contributed by atoms with Crippen LogP contribution in [0, 0.1) is 11.3 Å². The maximum absolute atomic E-state index is 12.1. The minimum absolute atomic E-state index is 0.0636. The van der Waals surface area contributed by atoms with E-state index in [1.165, 1.54) is 18.7 Å². The van der Waals surface area contributed by atoms with E-state index in [4.69, 9.17) is 19.5 Å². The second-order valence-electron chi connectivity index (χ2n) is 5.90. The molecule has 2 aromatic rings. The van der Waals surface area contributed by atoms with Crippen LogP contribution in [0.4, 0.5) is 5.69 Å². The molecule has 0 aliphatic carbocycles. The van der Waals surface area contributed by atoms with Gasteiger partial charge in [0.1, 0.15) is 13.2 Å². The van der Waals surface area contributed by atoms with Crippen LogP contribution in [0.5, 0.6) is 11.5 Å². The van der Waals surface area contributed by atoms with Gasteiger partial charge in [-0.05, 0) is 49.4 Å². The summed E-state index contributed by atoms with van der Waals surface area (Å²) >= 11 is 1.29. The Kier molecular flexibility index (Phi) is 6.40. The summed E-state index contributed by atoms with van der Waals surface area (Å²) in [4.78, 5) is 25.0. The summed E-state index contributed by atoms with van der Waals surface area (Å²) in [6.07, 6.45) is -0.941. The molecule has 1 aliphatic heterocycles. The van der Waals surface area contributed by atoms with Crippen LogP contribution in [0.1, 0.15) is 12.5 Å². The summed E-state index contributed by atoms with van der Waals surface area (Å²) in [5.41, 5.74) is 1.02. The fourth-order valence-corrected chi connectivity index (χ4v) is 3.12. The Morgan fingerprint density at radius 2 is 1.89 bits per heavy atom. The van der Waals surface area contributed by atoms with Gasteiger partial charge < -0.3 is 19.5 Å². The number of hydrogen-bond donors (Lipinski definition) is 1. The van der Waals surface area contributed by atoms with Crippen molar-refractivity contribution in [3.63, 3.8) is 0 Å². The number of rotatable bonds is 6. The van der Waals surface area contributed by atoms with Crippen molar-refractivity contribution in [2.24, 2.45) is 0 Å². The molecule has 1 N–H and O–H groups in total. The van der Waals surface area contributed by atoms with Gasteiger partial charge in [0.2, 0.25) is 0 Å². The van der Waals surface area contributed by atoms with Gasteiger partial charge in [-0.3, -0.25) is 9.59 Å². The van der Waals surface area contributed by atoms with E-state index in [-0.39, 0.29) is 5.75 Å². The van der Waals surface area contributed by atoms with Crippen LogP contribution in [-0.2, 0) is 14.3 Å². The predicted molar refractivity (Wildman–Crippen MR) is 103 cm³/mol. The van der Waals surface area contributed by atoms with Crippen molar-refractivity contribution in [2.75, 3.05) is 24.3 Å². The smallest absolute Gasteiger partial charge is 0.317 e. The summed E-state index contributed by atoms with van der Waals surface area (Å²) in [5, 5.41) is 11.4. The Bertz CT molecular complexity index is 908. The summed E-state index contributed by atoms with van der Waals surface area (Å²) in [7, 11) is 0. The average molecular weight is 398 g/mol. The number of carbonyl (C=O) groups is 2. The van der Waals surface area contributed by atoms with Gasteiger partial charge in [0.25, 0.3) is 5.91 Å². The van der Waals surface area contributed by atoms with Gasteiger partial charge in [0.15, 0.2) is 17.6 Å². The number of benzene rings is 2. The topological polar surface area (TPSA) is 97.7 Å².